The summed E-state index contributed by atoms with van der Waals surface area (Å²) >= 11 is 6.24. The average molecular weight is 267 g/mol. The Balaban J connectivity index is 2.25. The topological polar surface area (TPSA) is 55.1 Å². The number of hydrogen-bond donors (Lipinski definition) is 2. The Hall–Kier alpha value is -1.06. The van der Waals surface area contributed by atoms with Crippen molar-refractivity contribution in [1.29, 1.82) is 0 Å². The average Bonchev–Trinajstić information content (AvgIpc) is 2.66. The highest BCUT2D eigenvalue weighted by atomic mass is 35.5. The first-order valence-corrected chi connectivity index (χ1v) is 6.88. The highest BCUT2D eigenvalue weighted by molar-refractivity contribution is 6.34. The zero-order valence-electron chi connectivity index (χ0n) is 10.6. The van der Waals surface area contributed by atoms with Crippen LogP contribution in [0.1, 0.15) is 43.2 Å². The van der Waals surface area contributed by atoms with E-state index in [0.717, 1.165) is 43.5 Å². The van der Waals surface area contributed by atoms with Crippen molar-refractivity contribution >= 4 is 23.2 Å². The van der Waals surface area contributed by atoms with Crippen molar-refractivity contribution in [1.82, 2.24) is 0 Å². The van der Waals surface area contributed by atoms with Crippen LogP contribution in [0.5, 0.6) is 0 Å². The van der Waals surface area contributed by atoms with Crippen molar-refractivity contribution in [3.8, 4) is 0 Å². The molecule has 0 saturated carbocycles. The number of hydrogen-bond acceptors (Lipinski definition) is 2. The van der Waals surface area contributed by atoms with Crippen LogP contribution in [-0.4, -0.2) is 12.5 Å². The van der Waals surface area contributed by atoms with Crippen LogP contribution in [0.15, 0.2) is 12.1 Å². The fraction of sp³-hybridized carbons (Fsp3) is 0.500. The maximum absolute atomic E-state index is 11.8. The molecule has 1 aliphatic heterocycles. The molecule has 1 aromatic rings. The van der Waals surface area contributed by atoms with Crippen LogP contribution in [0.2, 0.25) is 5.02 Å². The van der Waals surface area contributed by atoms with Gasteiger partial charge in [-0.05, 0) is 49.4 Å². The van der Waals surface area contributed by atoms with Gasteiger partial charge in [0.2, 0.25) is 5.91 Å². The molecule has 1 atom stereocenters. The van der Waals surface area contributed by atoms with Gasteiger partial charge in [-0.15, -0.1) is 0 Å². The third-order valence-corrected chi connectivity index (χ3v) is 3.75. The number of anilines is 1. The molecule has 1 aliphatic rings. The van der Waals surface area contributed by atoms with Crippen LogP contribution in [-0.2, 0) is 11.2 Å². The molecular formula is C14H19ClN2O. The number of amides is 1. The number of nitrogens with one attached hydrogen (secondary N) is 1. The van der Waals surface area contributed by atoms with Crippen molar-refractivity contribution in [3.63, 3.8) is 0 Å². The van der Waals surface area contributed by atoms with Gasteiger partial charge in [-0.25, -0.2) is 0 Å². The fourth-order valence-electron chi connectivity index (χ4n) is 2.47. The second-order valence-corrected chi connectivity index (χ2v) is 5.14. The number of carbonyl (C=O) groups is 1. The van der Waals surface area contributed by atoms with Gasteiger partial charge in [-0.3, -0.25) is 4.79 Å². The predicted octanol–water partition coefficient (Wildman–Crippen LogP) is 3.07. The molecule has 0 spiro atoms. The lowest BCUT2D eigenvalue weighted by atomic mass is 9.95. The molecule has 4 heteroatoms. The minimum Gasteiger partial charge on any atom is -0.330 e. The highest BCUT2D eigenvalue weighted by Crippen LogP contribution is 2.40. The summed E-state index contributed by atoms with van der Waals surface area (Å²) in [6, 6.07) is 4.07. The first-order chi connectivity index (χ1) is 8.67. The Morgan fingerprint density at radius 2 is 2.17 bits per heavy atom. The van der Waals surface area contributed by atoms with Crippen LogP contribution in [0, 0.1) is 0 Å². The van der Waals surface area contributed by atoms with Gasteiger partial charge in [-0.2, -0.15) is 0 Å². The SMILES string of the molecule is CCC1C(=O)Nc2c(Cl)cc(CCCCN)cc21. The molecule has 0 bridgehead atoms. The van der Waals surface area contributed by atoms with Gasteiger partial charge >= 0.3 is 0 Å². The summed E-state index contributed by atoms with van der Waals surface area (Å²) < 4.78 is 0. The minimum atomic E-state index is -0.0491. The second-order valence-electron chi connectivity index (χ2n) is 4.74. The van der Waals surface area contributed by atoms with Crippen molar-refractivity contribution in [2.75, 3.05) is 11.9 Å². The molecule has 3 N–H and O–H groups in total. The molecule has 1 heterocycles. The maximum atomic E-state index is 11.8. The third kappa shape index (κ3) is 2.52. The molecule has 2 rings (SSSR count). The molecule has 1 amide bonds. The number of rotatable bonds is 5. The summed E-state index contributed by atoms with van der Waals surface area (Å²) in [7, 11) is 0. The van der Waals surface area contributed by atoms with Gasteiger partial charge in [0.05, 0.1) is 16.6 Å². The molecule has 98 valence electrons. The lowest BCUT2D eigenvalue weighted by Crippen LogP contribution is -2.10. The molecule has 0 aliphatic carbocycles. The normalized spacial score (nSPS) is 17.7. The third-order valence-electron chi connectivity index (χ3n) is 3.45. The van der Waals surface area contributed by atoms with E-state index in [-0.39, 0.29) is 11.8 Å². The summed E-state index contributed by atoms with van der Waals surface area (Å²) in [6.07, 6.45) is 3.85. The van der Waals surface area contributed by atoms with Gasteiger partial charge in [0.25, 0.3) is 0 Å². The fourth-order valence-corrected chi connectivity index (χ4v) is 2.76. The zero-order valence-corrected chi connectivity index (χ0v) is 11.4. The predicted molar refractivity (Wildman–Crippen MR) is 75.1 cm³/mol. The summed E-state index contributed by atoms with van der Waals surface area (Å²) in [4.78, 5) is 11.8. The number of halogens is 1. The Morgan fingerprint density at radius 3 is 2.83 bits per heavy atom. The molecule has 0 fully saturated rings. The van der Waals surface area contributed by atoms with E-state index in [9.17, 15) is 4.79 Å². The van der Waals surface area contributed by atoms with E-state index in [1.165, 1.54) is 5.56 Å². The zero-order chi connectivity index (χ0) is 13.1. The van der Waals surface area contributed by atoms with Gasteiger partial charge in [0.15, 0.2) is 0 Å². The van der Waals surface area contributed by atoms with Crippen molar-refractivity contribution in [2.45, 2.75) is 38.5 Å². The summed E-state index contributed by atoms with van der Waals surface area (Å²) in [5, 5.41) is 3.52. The number of aryl methyl sites for hydroxylation is 1. The lowest BCUT2D eigenvalue weighted by molar-refractivity contribution is -0.117. The summed E-state index contributed by atoms with van der Waals surface area (Å²) in [5.41, 5.74) is 8.55. The van der Waals surface area contributed by atoms with Crippen molar-refractivity contribution < 1.29 is 4.79 Å². The van der Waals surface area contributed by atoms with Crippen molar-refractivity contribution in [2.24, 2.45) is 5.73 Å². The Morgan fingerprint density at radius 1 is 1.39 bits per heavy atom. The van der Waals surface area contributed by atoms with Crippen LogP contribution in [0.3, 0.4) is 0 Å². The maximum Gasteiger partial charge on any atom is 0.232 e. The minimum absolute atomic E-state index is 0.0491. The van der Waals surface area contributed by atoms with E-state index in [4.69, 9.17) is 17.3 Å². The number of carbonyl (C=O) groups excluding carboxylic acids is 1. The lowest BCUT2D eigenvalue weighted by Gasteiger charge is -2.09. The number of nitrogens with two attached hydrogens (primary N) is 1. The molecule has 0 radical (unpaired) electrons. The van der Waals surface area contributed by atoms with Crippen LogP contribution >= 0.6 is 11.6 Å². The smallest absolute Gasteiger partial charge is 0.232 e. The van der Waals surface area contributed by atoms with E-state index in [0.29, 0.717) is 5.02 Å². The first-order valence-electron chi connectivity index (χ1n) is 6.50. The van der Waals surface area contributed by atoms with Gasteiger partial charge in [-0.1, -0.05) is 24.6 Å². The van der Waals surface area contributed by atoms with Crippen LogP contribution < -0.4 is 11.1 Å². The summed E-state index contributed by atoms with van der Waals surface area (Å²) in [6.45, 7) is 2.74. The molecule has 18 heavy (non-hydrogen) atoms. The Labute approximate surface area is 113 Å². The number of benzene rings is 1. The molecule has 1 aromatic carbocycles. The molecule has 1 unspecified atom stereocenters. The first kappa shape index (κ1) is 13.4. The van der Waals surface area contributed by atoms with Crippen molar-refractivity contribution in [3.05, 3.63) is 28.3 Å². The Bertz CT molecular complexity index is 459. The van der Waals surface area contributed by atoms with Gasteiger partial charge in [0.1, 0.15) is 0 Å². The standard InChI is InChI=1S/C14H19ClN2O/c1-2-10-11-7-9(5-3-4-6-16)8-12(15)13(11)17-14(10)18/h7-8,10H,2-6,16H2,1H3,(H,17,18). The van der Waals surface area contributed by atoms with E-state index in [1.54, 1.807) is 0 Å². The molecule has 3 nitrogen and oxygen atoms in total. The van der Waals surface area contributed by atoms with E-state index in [2.05, 4.69) is 11.4 Å². The second kappa shape index (κ2) is 5.72. The quantitative estimate of drug-likeness (QED) is 0.805. The molecular weight excluding hydrogens is 248 g/mol. The van der Waals surface area contributed by atoms with Crippen LogP contribution in [0.25, 0.3) is 0 Å². The highest BCUT2D eigenvalue weighted by Gasteiger charge is 2.30. The number of unbranched alkanes of at least 4 members (excludes halogenated alkanes) is 1. The Kier molecular flexibility index (Phi) is 4.25. The van der Waals surface area contributed by atoms with Crippen LogP contribution in [0.4, 0.5) is 5.69 Å². The largest absolute Gasteiger partial charge is 0.330 e. The molecule has 0 aromatic heterocycles. The van der Waals surface area contributed by atoms with E-state index < -0.39 is 0 Å². The van der Waals surface area contributed by atoms with E-state index in [1.807, 2.05) is 13.0 Å². The number of fused-ring (bicyclic) bond motifs is 1. The van der Waals surface area contributed by atoms with Gasteiger partial charge in [0, 0.05) is 0 Å². The summed E-state index contributed by atoms with van der Waals surface area (Å²) in [5.74, 6) is 0.0143. The molecule has 0 saturated heterocycles. The monoisotopic (exact) mass is 266 g/mol. The van der Waals surface area contributed by atoms with Gasteiger partial charge < -0.3 is 11.1 Å². The van der Waals surface area contributed by atoms with E-state index >= 15 is 0 Å².